The van der Waals surface area contributed by atoms with E-state index in [0.29, 0.717) is 13.0 Å². The lowest BCUT2D eigenvalue weighted by molar-refractivity contribution is -0.148. The molecule has 1 aliphatic heterocycles. The fourth-order valence-corrected chi connectivity index (χ4v) is 1.33. The van der Waals surface area contributed by atoms with E-state index in [1.165, 1.54) is 0 Å². The largest absolute Gasteiger partial charge is 0.462 e. The Bertz CT molecular complexity index is 200. The molecule has 0 aromatic carbocycles. The van der Waals surface area contributed by atoms with Crippen LogP contribution in [0.5, 0.6) is 0 Å². The van der Waals surface area contributed by atoms with Crippen LogP contribution in [0.15, 0.2) is 12.7 Å². The van der Waals surface area contributed by atoms with Crippen LogP contribution in [-0.4, -0.2) is 31.3 Å². The molecule has 80 valence electrons. The predicted molar refractivity (Wildman–Crippen MR) is 52.7 cm³/mol. The Hall–Kier alpha value is -0.870. The van der Waals surface area contributed by atoms with Gasteiger partial charge in [0.05, 0.1) is 6.10 Å². The Morgan fingerprint density at radius 3 is 3.14 bits per heavy atom. The van der Waals surface area contributed by atoms with Gasteiger partial charge in [0.15, 0.2) is 0 Å². The van der Waals surface area contributed by atoms with Gasteiger partial charge >= 0.3 is 5.97 Å². The fraction of sp³-hybridized carbons (Fsp3) is 0.700. The van der Waals surface area contributed by atoms with Gasteiger partial charge in [-0.05, 0) is 19.3 Å². The molecular weight excluding hydrogens is 182 g/mol. The zero-order chi connectivity index (χ0) is 10.4. The molecule has 0 bridgehead atoms. The number of carbonyl (C=O) groups excluding carboxylic acids is 1. The van der Waals surface area contributed by atoms with Gasteiger partial charge in [-0.1, -0.05) is 6.08 Å². The number of hydrogen-bond donors (Lipinski definition) is 1. The van der Waals surface area contributed by atoms with Crippen molar-refractivity contribution >= 4 is 5.97 Å². The molecule has 4 nitrogen and oxygen atoms in total. The highest BCUT2D eigenvalue weighted by Crippen LogP contribution is 2.12. The molecule has 1 saturated heterocycles. The maximum atomic E-state index is 11.2. The highest BCUT2D eigenvalue weighted by atomic mass is 16.6. The van der Waals surface area contributed by atoms with Gasteiger partial charge in [-0.15, -0.1) is 6.58 Å². The molecule has 14 heavy (non-hydrogen) atoms. The summed E-state index contributed by atoms with van der Waals surface area (Å²) in [5, 5.41) is 0. The van der Waals surface area contributed by atoms with Crippen molar-refractivity contribution in [2.75, 3.05) is 13.2 Å². The normalized spacial score (nSPS) is 23.1. The monoisotopic (exact) mass is 199 g/mol. The van der Waals surface area contributed by atoms with Gasteiger partial charge in [0.25, 0.3) is 0 Å². The molecule has 2 N–H and O–H groups in total. The van der Waals surface area contributed by atoms with Crippen LogP contribution in [0.1, 0.15) is 19.3 Å². The van der Waals surface area contributed by atoms with Gasteiger partial charge in [-0.2, -0.15) is 0 Å². The Kier molecular flexibility index (Phi) is 4.62. The van der Waals surface area contributed by atoms with Gasteiger partial charge in [0.1, 0.15) is 12.6 Å². The van der Waals surface area contributed by atoms with E-state index in [1.54, 1.807) is 6.08 Å². The van der Waals surface area contributed by atoms with Crippen molar-refractivity contribution in [2.45, 2.75) is 31.4 Å². The van der Waals surface area contributed by atoms with Crippen molar-refractivity contribution in [3.05, 3.63) is 12.7 Å². The number of hydrogen-bond acceptors (Lipinski definition) is 4. The van der Waals surface area contributed by atoms with E-state index in [0.717, 1.165) is 19.4 Å². The van der Waals surface area contributed by atoms with E-state index in [-0.39, 0.29) is 12.1 Å². The molecule has 1 heterocycles. The molecule has 2 atom stereocenters. The molecule has 4 heteroatoms. The molecule has 0 aromatic rings. The summed E-state index contributed by atoms with van der Waals surface area (Å²) in [5.74, 6) is -0.375. The zero-order valence-corrected chi connectivity index (χ0v) is 8.28. The molecule has 1 rings (SSSR count). The third-order valence-electron chi connectivity index (χ3n) is 2.16. The first kappa shape index (κ1) is 11.2. The average molecular weight is 199 g/mol. The Labute approximate surface area is 84.1 Å². The molecule has 0 saturated carbocycles. The minimum Gasteiger partial charge on any atom is -0.462 e. The van der Waals surface area contributed by atoms with Crippen LogP contribution < -0.4 is 5.73 Å². The third-order valence-corrected chi connectivity index (χ3v) is 2.16. The molecule has 1 aliphatic rings. The van der Waals surface area contributed by atoms with E-state index >= 15 is 0 Å². The summed E-state index contributed by atoms with van der Waals surface area (Å²) in [6, 6.07) is -0.589. The second kappa shape index (κ2) is 5.78. The van der Waals surface area contributed by atoms with Crippen LogP contribution in [0.25, 0.3) is 0 Å². The predicted octanol–water partition coefficient (Wildman–Crippen LogP) is 0.612. The Balaban J connectivity index is 2.16. The molecule has 0 radical (unpaired) electrons. The minimum absolute atomic E-state index is 0.0647. The van der Waals surface area contributed by atoms with Crippen LogP contribution in [0.4, 0.5) is 0 Å². The Morgan fingerprint density at radius 1 is 1.79 bits per heavy atom. The lowest BCUT2D eigenvalue weighted by Gasteiger charge is -2.12. The smallest absolute Gasteiger partial charge is 0.323 e. The number of nitrogens with two attached hydrogens (primary N) is 1. The number of esters is 1. The summed E-state index contributed by atoms with van der Waals surface area (Å²) >= 11 is 0. The van der Waals surface area contributed by atoms with Crippen molar-refractivity contribution in [2.24, 2.45) is 5.73 Å². The first-order valence-electron chi connectivity index (χ1n) is 4.88. The van der Waals surface area contributed by atoms with Gasteiger partial charge in [0.2, 0.25) is 0 Å². The molecule has 0 amide bonds. The molecule has 0 aliphatic carbocycles. The van der Waals surface area contributed by atoms with Crippen LogP contribution in [0, 0.1) is 0 Å². The quantitative estimate of drug-likeness (QED) is 0.520. The SMILES string of the molecule is C=CCC(N)C(=O)OCC1CCCO1. The first-order chi connectivity index (χ1) is 6.74. The second-order valence-electron chi connectivity index (χ2n) is 3.40. The van der Waals surface area contributed by atoms with Crippen molar-refractivity contribution in [1.82, 2.24) is 0 Å². The second-order valence-corrected chi connectivity index (χ2v) is 3.40. The van der Waals surface area contributed by atoms with E-state index < -0.39 is 6.04 Å². The van der Waals surface area contributed by atoms with E-state index in [2.05, 4.69) is 6.58 Å². The van der Waals surface area contributed by atoms with Crippen LogP contribution in [-0.2, 0) is 14.3 Å². The summed E-state index contributed by atoms with van der Waals surface area (Å²) in [5.41, 5.74) is 5.53. The highest BCUT2D eigenvalue weighted by molar-refractivity contribution is 5.75. The van der Waals surface area contributed by atoms with E-state index in [9.17, 15) is 4.79 Å². The van der Waals surface area contributed by atoms with E-state index in [1.807, 2.05) is 0 Å². The zero-order valence-electron chi connectivity index (χ0n) is 8.28. The average Bonchev–Trinajstić information content (AvgIpc) is 2.67. The van der Waals surface area contributed by atoms with Crippen LogP contribution >= 0.6 is 0 Å². The van der Waals surface area contributed by atoms with Gasteiger partial charge in [-0.25, -0.2) is 0 Å². The topological polar surface area (TPSA) is 61.6 Å². The Morgan fingerprint density at radius 2 is 2.57 bits per heavy atom. The summed E-state index contributed by atoms with van der Waals surface area (Å²) in [7, 11) is 0. The van der Waals surface area contributed by atoms with E-state index in [4.69, 9.17) is 15.2 Å². The molecular formula is C10H17NO3. The minimum atomic E-state index is -0.589. The number of ether oxygens (including phenoxy) is 2. The molecule has 0 aromatic heterocycles. The summed E-state index contributed by atoms with van der Waals surface area (Å²) in [6.45, 7) is 4.60. The maximum absolute atomic E-state index is 11.2. The maximum Gasteiger partial charge on any atom is 0.323 e. The highest BCUT2D eigenvalue weighted by Gasteiger charge is 2.19. The first-order valence-corrected chi connectivity index (χ1v) is 4.88. The number of carbonyl (C=O) groups is 1. The van der Waals surface area contributed by atoms with Gasteiger partial charge in [0, 0.05) is 6.61 Å². The van der Waals surface area contributed by atoms with Gasteiger partial charge in [-0.3, -0.25) is 4.79 Å². The summed E-state index contributed by atoms with van der Waals surface area (Å²) in [4.78, 5) is 11.2. The lowest BCUT2D eigenvalue weighted by Crippen LogP contribution is -2.33. The van der Waals surface area contributed by atoms with Gasteiger partial charge < -0.3 is 15.2 Å². The molecule has 1 fully saturated rings. The fourth-order valence-electron chi connectivity index (χ4n) is 1.33. The van der Waals surface area contributed by atoms with Crippen LogP contribution in [0.2, 0.25) is 0 Å². The number of rotatable bonds is 5. The van der Waals surface area contributed by atoms with Crippen molar-refractivity contribution in [3.63, 3.8) is 0 Å². The van der Waals surface area contributed by atoms with Crippen LogP contribution in [0.3, 0.4) is 0 Å². The lowest BCUT2D eigenvalue weighted by atomic mass is 10.2. The van der Waals surface area contributed by atoms with Crippen molar-refractivity contribution in [3.8, 4) is 0 Å². The summed E-state index contributed by atoms with van der Waals surface area (Å²) < 4.78 is 10.3. The third kappa shape index (κ3) is 3.47. The molecule has 0 spiro atoms. The standard InChI is InChI=1S/C10H17NO3/c1-2-4-9(11)10(12)14-7-8-5-3-6-13-8/h2,8-9H,1,3-7,11H2. The summed E-state index contributed by atoms with van der Waals surface area (Å²) in [6.07, 6.45) is 4.13. The molecule has 2 unspecified atom stereocenters. The van der Waals surface area contributed by atoms with Crippen molar-refractivity contribution < 1.29 is 14.3 Å². The van der Waals surface area contributed by atoms with Crippen molar-refractivity contribution in [1.29, 1.82) is 0 Å².